The molecule has 1 amide bonds. The van der Waals surface area contributed by atoms with Crippen molar-refractivity contribution >= 4 is 22.9 Å². The van der Waals surface area contributed by atoms with Crippen LogP contribution in [0.3, 0.4) is 0 Å². The van der Waals surface area contributed by atoms with Crippen molar-refractivity contribution in [1.29, 1.82) is 0 Å². The quantitative estimate of drug-likeness (QED) is 0.874. The summed E-state index contributed by atoms with van der Waals surface area (Å²) in [6.45, 7) is 4.77. The molecule has 1 fully saturated rings. The van der Waals surface area contributed by atoms with Crippen LogP contribution >= 0.6 is 11.3 Å². The highest BCUT2D eigenvalue weighted by molar-refractivity contribution is 7.14. The molecule has 2 N–H and O–H groups in total. The van der Waals surface area contributed by atoms with Gasteiger partial charge in [0, 0.05) is 23.2 Å². The van der Waals surface area contributed by atoms with E-state index in [0.717, 1.165) is 29.0 Å². The lowest BCUT2D eigenvalue weighted by molar-refractivity contribution is 0.0735. The molecule has 1 aliphatic rings. The predicted molar refractivity (Wildman–Crippen MR) is 87.5 cm³/mol. The first kappa shape index (κ1) is 14.1. The van der Waals surface area contributed by atoms with Crippen LogP contribution in [0.4, 0.5) is 5.69 Å². The minimum Gasteiger partial charge on any atom is -0.399 e. The van der Waals surface area contributed by atoms with Crippen molar-refractivity contribution in [2.24, 2.45) is 0 Å². The molecule has 3 nitrogen and oxygen atoms in total. The molecule has 0 spiro atoms. The summed E-state index contributed by atoms with van der Waals surface area (Å²) in [5.41, 5.74) is 8.88. The maximum Gasteiger partial charge on any atom is 0.264 e. The molecule has 4 heteroatoms. The van der Waals surface area contributed by atoms with Crippen LogP contribution < -0.4 is 5.73 Å². The van der Waals surface area contributed by atoms with Gasteiger partial charge in [0.05, 0.1) is 4.88 Å². The Bertz CT molecular complexity index is 654. The van der Waals surface area contributed by atoms with Crippen molar-refractivity contribution in [3.05, 3.63) is 51.2 Å². The number of amides is 1. The van der Waals surface area contributed by atoms with Crippen LogP contribution in [-0.2, 0) is 6.54 Å². The van der Waals surface area contributed by atoms with Gasteiger partial charge < -0.3 is 10.6 Å². The number of nitrogen functional groups attached to an aromatic ring is 1. The Morgan fingerprint density at radius 2 is 2.10 bits per heavy atom. The van der Waals surface area contributed by atoms with E-state index in [2.05, 4.69) is 13.8 Å². The highest BCUT2D eigenvalue weighted by atomic mass is 32.1. The minimum absolute atomic E-state index is 0.154. The highest BCUT2D eigenvalue weighted by Gasteiger charge is 2.33. The van der Waals surface area contributed by atoms with Gasteiger partial charge in [0.2, 0.25) is 0 Å². The smallest absolute Gasteiger partial charge is 0.264 e. The molecule has 0 saturated heterocycles. The Morgan fingerprint density at radius 1 is 1.33 bits per heavy atom. The zero-order valence-electron chi connectivity index (χ0n) is 12.4. The topological polar surface area (TPSA) is 46.3 Å². The third-order valence-corrected chi connectivity index (χ3v) is 5.07. The van der Waals surface area contributed by atoms with Gasteiger partial charge >= 0.3 is 0 Å². The van der Waals surface area contributed by atoms with Gasteiger partial charge in [0.1, 0.15) is 0 Å². The van der Waals surface area contributed by atoms with Crippen LogP contribution in [0.1, 0.15) is 38.5 Å². The second kappa shape index (κ2) is 5.53. The molecule has 0 aliphatic heterocycles. The molecule has 110 valence electrons. The van der Waals surface area contributed by atoms with Gasteiger partial charge in [-0.05, 0) is 56.0 Å². The Morgan fingerprint density at radius 3 is 2.67 bits per heavy atom. The molecule has 0 unspecified atom stereocenters. The van der Waals surface area contributed by atoms with Crippen LogP contribution in [0.2, 0.25) is 0 Å². The minimum atomic E-state index is 0.154. The molecule has 1 saturated carbocycles. The van der Waals surface area contributed by atoms with Gasteiger partial charge in [-0.15, -0.1) is 11.3 Å². The van der Waals surface area contributed by atoms with Gasteiger partial charge in [-0.25, -0.2) is 0 Å². The number of carbonyl (C=O) groups is 1. The van der Waals surface area contributed by atoms with E-state index >= 15 is 0 Å². The maximum absolute atomic E-state index is 12.8. The number of thiophene rings is 1. The lowest BCUT2D eigenvalue weighted by Crippen LogP contribution is -2.32. The van der Waals surface area contributed by atoms with Crippen LogP contribution in [0.5, 0.6) is 0 Å². The summed E-state index contributed by atoms with van der Waals surface area (Å²) in [6.07, 6.45) is 2.22. The summed E-state index contributed by atoms with van der Waals surface area (Å²) in [4.78, 5) is 16.9. The van der Waals surface area contributed by atoms with Gasteiger partial charge in [0.25, 0.3) is 5.91 Å². The van der Waals surface area contributed by atoms with Crippen LogP contribution in [0.15, 0.2) is 30.3 Å². The van der Waals surface area contributed by atoms with E-state index in [-0.39, 0.29) is 5.91 Å². The number of nitrogens with zero attached hydrogens (tertiary/aromatic N) is 1. The average molecular weight is 300 g/mol. The Kier molecular flexibility index (Phi) is 3.72. The second-order valence-electron chi connectivity index (χ2n) is 5.76. The number of rotatable bonds is 4. The Hall–Kier alpha value is -1.81. The lowest BCUT2D eigenvalue weighted by Gasteiger charge is -2.22. The number of benzene rings is 1. The fourth-order valence-electron chi connectivity index (χ4n) is 2.46. The molecular formula is C17H20N2OS. The fraction of sp³-hybridized carbons (Fsp3) is 0.353. The molecule has 0 atom stereocenters. The van der Waals surface area contributed by atoms with Crippen molar-refractivity contribution in [2.75, 3.05) is 5.73 Å². The number of nitrogens with two attached hydrogens (primary N) is 1. The average Bonchev–Trinajstić information content (AvgIpc) is 3.22. The number of hydrogen-bond acceptors (Lipinski definition) is 3. The van der Waals surface area contributed by atoms with E-state index < -0.39 is 0 Å². The predicted octanol–water partition coefficient (Wildman–Crippen LogP) is 3.75. The molecule has 1 aliphatic carbocycles. The first-order valence-electron chi connectivity index (χ1n) is 7.27. The molecule has 1 heterocycles. The van der Waals surface area contributed by atoms with Crippen LogP contribution in [0, 0.1) is 13.8 Å². The zero-order valence-corrected chi connectivity index (χ0v) is 13.2. The van der Waals surface area contributed by atoms with E-state index in [1.165, 1.54) is 10.4 Å². The lowest BCUT2D eigenvalue weighted by atomic mass is 10.2. The summed E-state index contributed by atoms with van der Waals surface area (Å²) in [6, 6.07) is 10.2. The Balaban J connectivity index is 1.83. The summed E-state index contributed by atoms with van der Waals surface area (Å²) in [7, 11) is 0. The largest absolute Gasteiger partial charge is 0.399 e. The molecule has 1 aromatic heterocycles. The van der Waals surface area contributed by atoms with Crippen molar-refractivity contribution in [3.8, 4) is 0 Å². The number of anilines is 1. The summed E-state index contributed by atoms with van der Waals surface area (Å²) in [5.74, 6) is 0.154. The maximum atomic E-state index is 12.8. The SMILES string of the molecule is Cc1cc(C(=O)N(Cc2cccc(N)c2)C2CC2)sc1C. The zero-order chi connectivity index (χ0) is 15.0. The third kappa shape index (κ3) is 3.10. The summed E-state index contributed by atoms with van der Waals surface area (Å²) >= 11 is 1.59. The van der Waals surface area contributed by atoms with Crippen molar-refractivity contribution in [1.82, 2.24) is 4.90 Å². The van der Waals surface area contributed by atoms with E-state index in [1.807, 2.05) is 35.2 Å². The van der Waals surface area contributed by atoms with Crippen molar-refractivity contribution in [3.63, 3.8) is 0 Å². The normalized spacial score (nSPS) is 14.2. The molecule has 1 aromatic carbocycles. The number of carbonyl (C=O) groups excluding carboxylic acids is 1. The molecule has 0 bridgehead atoms. The van der Waals surface area contributed by atoms with Gasteiger partial charge in [0.15, 0.2) is 0 Å². The fourth-order valence-corrected chi connectivity index (χ4v) is 3.45. The van der Waals surface area contributed by atoms with Gasteiger partial charge in [-0.2, -0.15) is 0 Å². The molecular weight excluding hydrogens is 280 g/mol. The van der Waals surface area contributed by atoms with Crippen molar-refractivity contribution < 1.29 is 4.79 Å². The van der Waals surface area contributed by atoms with E-state index in [1.54, 1.807) is 11.3 Å². The molecule has 0 radical (unpaired) electrons. The number of aryl methyl sites for hydroxylation is 2. The second-order valence-corrected chi connectivity index (χ2v) is 7.02. The van der Waals surface area contributed by atoms with E-state index in [0.29, 0.717) is 12.6 Å². The van der Waals surface area contributed by atoms with Crippen LogP contribution in [-0.4, -0.2) is 16.8 Å². The number of hydrogen-bond donors (Lipinski definition) is 1. The van der Waals surface area contributed by atoms with E-state index in [9.17, 15) is 4.79 Å². The molecule has 21 heavy (non-hydrogen) atoms. The standard InChI is InChI=1S/C17H20N2OS/c1-11-8-16(21-12(11)2)17(20)19(15-6-7-15)10-13-4-3-5-14(18)9-13/h3-5,8-9,15H,6-7,10,18H2,1-2H3. The summed E-state index contributed by atoms with van der Waals surface area (Å²) < 4.78 is 0. The highest BCUT2D eigenvalue weighted by Crippen LogP contribution is 2.32. The van der Waals surface area contributed by atoms with Crippen molar-refractivity contribution in [2.45, 2.75) is 39.3 Å². The molecule has 3 rings (SSSR count). The van der Waals surface area contributed by atoms with Gasteiger partial charge in [-0.1, -0.05) is 12.1 Å². The Labute approximate surface area is 129 Å². The monoisotopic (exact) mass is 300 g/mol. The first-order chi connectivity index (χ1) is 10.0. The molecule has 2 aromatic rings. The van der Waals surface area contributed by atoms with Gasteiger partial charge in [-0.3, -0.25) is 4.79 Å². The first-order valence-corrected chi connectivity index (χ1v) is 8.08. The van der Waals surface area contributed by atoms with E-state index in [4.69, 9.17) is 5.73 Å². The third-order valence-electron chi connectivity index (χ3n) is 3.93. The van der Waals surface area contributed by atoms with Crippen LogP contribution in [0.25, 0.3) is 0 Å². The summed E-state index contributed by atoms with van der Waals surface area (Å²) in [5, 5.41) is 0.